The van der Waals surface area contributed by atoms with Gasteiger partial charge in [-0.1, -0.05) is 13.8 Å². The van der Waals surface area contributed by atoms with Crippen LogP contribution in [0.2, 0.25) is 0 Å². The number of hydrogen-bond acceptors (Lipinski definition) is 2. The zero-order valence-corrected chi connectivity index (χ0v) is 9.40. The van der Waals surface area contributed by atoms with Gasteiger partial charge < -0.3 is 0 Å². The molecule has 2 heterocycles. The highest BCUT2D eigenvalue weighted by molar-refractivity contribution is 7.18. The molecule has 0 radical (unpaired) electrons. The van der Waals surface area contributed by atoms with E-state index < -0.39 is 0 Å². The van der Waals surface area contributed by atoms with Crippen LogP contribution in [0, 0.1) is 13.8 Å². The summed E-state index contributed by atoms with van der Waals surface area (Å²) in [7, 11) is 0. The first-order valence-corrected chi connectivity index (χ1v) is 5.41. The summed E-state index contributed by atoms with van der Waals surface area (Å²) in [6.45, 7) is 8.24. The Hall–Kier alpha value is -0.890. The summed E-state index contributed by atoms with van der Waals surface area (Å²) in [5.41, 5.74) is 1.32. The third kappa shape index (κ3) is 2.07. The fraction of sp³-hybridized carbons (Fsp3) is 0.364. The fourth-order valence-electron chi connectivity index (χ4n) is 1.19. The van der Waals surface area contributed by atoms with Crippen molar-refractivity contribution in [2.75, 3.05) is 0 Å². The van der Waals surface area contributed by atoms with Gasteiger partial charge in [-0.15, -0.1) is 11.3 Å². The summed E-state index contributed by atoms with van der Waals surface area (Å²) >= 11 is 1.76. The molecular weight excluding hydrogens is 178 g/mol. The molecule has 1 nitrogen and oxygen atoms in total. The van der Waals surface area contributed by atoms with E-state index in [1.165, 1.54) is 15.8 Å². The van der Waals surface area contributed by atoms with Crippen LogP contribution in [-0.4, -0.2) is 4.98 Å². The monoisotopic (exact) mass is 193 g/mol. The van der Waals surface area contributed by atoms with E-state index in [4.69, 9.17) is 0 Å². The van der Waals surface area contributed by atoms with E-state index in [1.807, 2.05) is 20.0 Å². The number of aryl methyl sites for hydroxylation is 2. The topological polar surface area (TPSA) is 12.9 Å². The van der Waals surface area contributed by atoms with Crippen LogP contribution in [0.15, 0.2) is 18.3 Å². The first-order valence-electron chi connectivity index (χ1n) is 4.59. The molecule has 0 spiro atoms. The Morgan fingerprint density at radius 3 is 2.54 bits per heavy atom. The third-order valence-corrected chi connectivity index (χ3v) is 2.74. The van der Waals surface area contributed by atoms with Crippen LogP contribution in [0.25, 0.3) is 10.2 Å². The normalized spacial score (nSPS) is 9.54. The van der Waals surface area contributed by atoms with E-state index in [1.54, 1.807) is 11.3 Å². The maximum atomic E-state index is 4.28. The van der Waals surface area contributed by atoms with Crippen molar-refractivity contribution in [1.29, 1.82) is 0 Å². The van der Waals surface area contributed by atoms with Crippen molar-refractivity contribution in [3.05, 3.63) is 28.8 Å². The summed E-state index contributed by atoms with van der Waals surface area (Å²) in [6, 6.07) is 4.25. The van der Waals surface area contributed by atoms with Crippen LogP contribution >= 0.6 is 11.3 Å². The van der Waals surface area contributed by atoms with E-state index >= 15 is 0 Å². The van der Waals surface area contributed by atoms with Gasteiger partial charge in [0.05, 0.1) is 0 Å². The van der Waals surface area contributed by atoms with Gasteiger partial charge in [0.2, 0.25) is 0 Å². The molecule has 2 aromatic heterocycles. The van der Waals surface area contributed by atoms with Gasteiger partial charge in [-0.05, 0) is 31.5 Å². The van der Waals surface area contributed by atoms with Crippen molar-refractivity contribution >= 4 is 21.6 Å². The molecule has 2 rings (SSSR count). The number of rotatable bonds is 0. The molecule has 0 atom stereocenters. The smallest absolute Gasteiger partial charge is 0.123 e. The Morgan fingerprint density at radius 2 is 1.92 bits per heavy atom. The lowest BCUT2D eigenvalue weighted by Crippen LogP contribution is -1.74. The van der Waals surface area contributed by atoms with Gasteiger partial charge >= 0.3 is 0 Å². The SMILES string of the molecule is CC.Cc1cc2c(C)ccnc2s1. The number of nitrogens with zero attached hydrogens (tertiary/aromatic N) is 1. The van der Waals surface area contributed by atoms with Gasteiger partial charge in [-0.3, -0.25) is 0 Å². The molecule has 13 heavy (non-hydrogen) atoms. The number of fused-ring (bicyclic) bond motifs is 1. The lowest BCUT2D eigenvalue weighted by molar-refractivity contribution is 1.40. The lowest BCUT2D eigenvalue weighted by Gasteiger charge is -1.90. The number of aromatic nitrogens is 1. The predicted octanol–water partition coefficient (Wildman–Crippen LogP) is 3.94. The van der Waals surface area contributed by atoms with Gasteiger partial charge in [0, 0.05) is 16.5 Å². The molecule has 0 aliphatic carbocycles. The van der Waals surface area contributed by atoms with Crippen molar-refractivity contribution in [1.82, 2.24) is 4.98 Å². The number of hydrogen-bond donors (Lipinski definition) is 0. The predicted molar refractivity (Wildman–Crippen MR) is 60.4 cm³/mol. The van der Waals surface area contributed by atoms with Crippen molar-refractivity contribution < 1.29 is 0 Å². The molecule has 0 amide bonds. The van der Waals surface area contributed by atoms with Gasteiger partial charge in [-0.2, -0.15) is 0 Å². The van der Waals surface area contributed by atoms with E-state index in [-0.39, 0.29) is 0 Å². The molecule has 0 N–H and O–H groups in total. The third-order valence-electron chi connectivity index (χ3n) is 1.78. The molecule has 0 saturated carbocycles. The Morgan fingerprint density at radius 1 is 1.23 bits per heavy atom. The van der Waals surface area contributed by atoms with Crippen LogP contribution in [0.1, 0.15) is 24.3 Å². The second-order valence-corrected chi connectivity index (χ2v) is 3.94. The summed E-state index contributed by atoms with van der Waals surface area (Å²) in [5.74, 6) is 0. The summed E-state index contributed by atoms with van der Waals surface area (Å²) in [5, 5.41) is 1.30. The van der Waals surface area contributed by atoms with Crippen molar-refractivity contribution in [3.63, 3.8) is 0 Å². The van der Waals surface area contributed by atoms with Crippen LogP contribution in [0.3, 0.4) is 0 Å². The van der Waals surface area contributed by atoms with Gasteiger partial charge in [0.25, 0.3) is 0 Å². The molecule has 0 unspecified atom stereocenters. The average molecular weight is 193 g/mol. The van der Waals surface area contributed by atoms with Crippen molar-refractivity contribution in [2.45, 2.75) is 27.7 Å². The summed E-state index contributed by atoms with van der Waals surface area (Å²) in [4.78, 5) is 6.77. The van der Waals surface area contributed by atoms with Gasteiger partial charge in [0.15, 0.2) is 0 Å². The van der Waals surface area contributed by atoms with Gasteiger partial charge in [0.1, 0.15) is 4.83 Å². The first kappa shape index (κ1) is 10.2. The van der Waals surface area contributed by atoms with Crippen LogP contribution in [0.4, 0.5) is 0 Å². The highest BCUT2D eigenvalue weighted by Gasteiger charge is 2.00. The Kier molecular flexibility index (Phi) is 3.43. The largest absolute Gasteiger partial charge is 0.245 e. The maximum absolute atomic E-state index is 4.28. The molecular formula is C11H15NS. The van der Waals surface area contributed by atoms with Crippen molar-refractivity contribution in [3.8, 4) is 0 Å². The maximum Gasteiger partial charge on any atom is 0.123 e. The standard InChI is InChI=1S/C9H9NS.C2H6/c1-6-3-4-10-9-8(6)5-7(2)11-9;1-2/h3-5H,1-2H3;1-2H3. The quantitative estimate of drug-likeness (QED) is 0.617. The second-order valence-electron chi connectivity index (χ2n) is 2.70. The molecule has 0 bridgehead atoms. The minimum Gasteiger partial charge on any atom is -0.245 e. The minimum absolute atomic E-state index is 1.16. The molecule has 0 aromatic carbocycles. The summed E-state index contributed by atoms with van der Waals surface area (Å²) < 4.78 is 0. The first-order chi connectivity index (χ1) is 6.27. The second kappa shape index (κ2) is 4.38. The average Bonchev–Trinajstić information content (AvgIpc) is 2.51. The molecule has 0 aliphatic heterocycles. The van der Waals surface area contributed by atoms with Crippen molar-refractivity contribution in [2.24, 2.45) is 0 Å². The highest BCUT2D eigenvalue weighted by Crippen LogP contribution is 2.24. The van der Waals surface area contributed by atoms with E-state index in [0.717, 1.165) is 4.83 Å². The molecule has 0 fully saturated rings. The highest BCUT2D eigenvalue weighted by atomic mass is 32.1. The molecule has 0 saturated heterocycles. The zero-order chi connectivity index (χ0) is 9.84. The van der Waals surface area contributed by atoms with Crippen LogP contribution < -0.4 is 0 Å². The number of pyridine rings is 1. The molecule has 70 valence electrons. The van der Waals surface area contributed by atoms with Gasteiger partial charge in [-0.25, -0.2) is 4.98 Å². The molecule has 2 aromatic rings. The Labute approximate surface area is 83.4 Å². The lowest BCUT2D eigenvalue weighted by atomic mass is 10.2. The zero-order valence-electron chi connectivity index (χ0n) is 8.59. The molecule has 2 heteroatoms. The van der Waals surface area contributed by atoms with Crippen LogP contribution in [0.5, 0.6) is 0 Å². The molecule has 0 aliphatic rings. The Balaban J connectivity index is 0.000000396. The summed E-state index contributed by atoms with van der Waals surface area (Å²) in [6.07, 6.45) is 1.87. The minimum atomic E-state index is 1.16. The van der Waals surface area contributed by atoms with E-state index in [2.05, 4.69) is 31.0 Å². The van der Waals surface area contributed by atoms with E-state index in [0.29, 0.717) is 0 Å². The Bertz CT molecular complexity index is 390. The van der Waals surface area contributed by atoms with E-state index in [9.17, 15) is 0 Å². The number of thiophene rings is 1. The fourth-order valence-corrected chi connectivity index (χ4v) is 2.11. The van der Waals surface area contributed by atoms with Crippen LogP contribution in [-0.2, 0) is 0 Å².